The number of halogens is 1. The largest absolute Gasteiger partial charge is 0.460 e. The lowest BCUT2D eigenvalue weighted by Crippen LogP contribution is -2.26. The Morgan fingerprint density at radius 2 is 1.59 bits per heavy atom. The summed E-state index contributed by atoms with van der Waals surface area (Å²) >= 11 is 0. The van der Waals surface area contributed by atoms with Gasteiger partial charge in [-0.25, -0.2) is 4.79 Å². The molecule has 0 aliphatic carbocycles. The predicted octanol–water partition coefficient (Wildman–Crippen LogP) is 9.22. The summed E-state index contributed by atoms with van der Waals surface area (Å²) < 4.78 is 11.7. The molecule has 41 heavy (non-hydrogen) atoms. The zero-order valence-electron chi connectivity index (χ0n) is 25.8. The molecule has 3 rings (SSSR count). The molecule has 0 N–H and O–H groups in total. The molecule has 3 aromatic rings. The Bertz CT molecular complexity index is 1280. The fourth-order valence-corrected chi connectivity index (χ4v) is 4.84. The second kappa shape index (κ2) is 17.2. The molecule has 0 amide bonds. The molecular formula is C35H48ClNO4. The minimum atomic E-state index is -0.386. The highest BCUT2D eigenvalue weighted by Crippen LogP contribution is 2.32. The fraction of sp³-hybridized carbons (Fsp3) is 0.486. The van der Waals surface area contributed by atoms with E-state index < -0.39 is 0 Å². The monoisotopic (exact) mass is 581 g/mol. The standard InChI is InChI=1S/C35H47NO4.ClH/c1-7-10-15-31-33(30-24-29(35(38)39-25(4)5)26(6)23-32(30)40-31)34(37)28-18-16-27(17-19-28)14-13-22-36(20-11-8-2)21-12-9-3;/h13-14,16-19,23-25H,7-12,15,20-22H2,1-6H3;1H/b14-13-;. The summed E-state index contributed by atoms with van der Waals surface area (Å²) in [6.07, 6.45) is 11.6. The van der Waals surface area contributed by atoms with E-state index in [1.54, 1.807) is 6.07 Å². The number of ketones is 1. The third-order valence-electron chi connectivity index (χ3n) is 7.16. The molecule has 0 radical (unpaired) electrons. The Kier molecular flexibility index (Phi) is 14.4. The van der Waals surface area contributed by atoms with Crippen LogP contribution in [0.15, 0.2) is 46.9 Å². The van der Waals surface area contributed by atoms with Crippen molar-refractivity contribution in [1.29, 1.82) is 0 Å². The number of carbonyl (C=O) groups excluding carboxylic acids is 2. The molecular weight excluding hydrogens is 534 g/mol. The van der Waals surface area contributed by atoms with Gasteiger partial charge in [0.05, 0.1) is 17.2 Å². The van der Waals surface area contributed by atoms with Crippen LogP contribution in [0.2, 0.25) is 0 Å². The zero-order valence-corrected chi connectivity index (χ0v) is 26.6. The number of fused-ring (bicyclic) bond motifs is 1. The number of rotatable bonds is 16. The number of furan rings is 1. The normalized spacial score (nSPS) is 11.5. The van der Waals surface area contributed by atoms with Crippen LogP contribution in [0.1, 0.15) is 116 Å². The van der Waals surface area contributed by atoms with Crippen LogP contribution in [0.5, 0.6) is 0 Å². The quantitative estimate of drug-likeness (QED) is 0.125. The van der Waals surface area contributed by atoms with Gasteiger partial charge in [0, 0.05) is 23.9 Å². The molecule has 0 fully saturated rings. The minimum absolute atomic E-state index is 0. The Morgan fingerprint density at radius 3 is 2.17 bits per heavy atom. The first-order chi connectivity index (χ1) is 19.3. The summed E-state index contributed by atoms with van der Waals surface area (Å²) in [5, 5.41) is 0.667. The van der Waals surface area contributed by atoms with Gasteiger partial charge < -0.3 is 9.15 Å². The molecule has 1 heterocycles. The summed E-state index contributed by atoms with van der Waals surface area (Å²) in [7, 11) is 0. The van der Waals surface area contributed by atoms with Gasteiger partial charge in [0.1, 0.15) is 11.3 Å². The molecule has 0 spiro atoms. The number of hydrogen-bond donors (Lipinski definition) is 0. The molecule has 5 nitrogen and oxygen atoms in total. The predicted molar refractivity (Wildman–Crippen MR) is 173 cm³/mol. The Balaban J connectivity index is 0.00000588. The van der Waals surface area contributed by atoms with Gasteiger partial charge in [-0.1, -0.05) is 76.5 Å². The summed E-state index contributed by atoms with van der Waals surface area (Å²) in [6, 6.07) is 11.4. The van der Waals surface area contributed by atoms with Crippen LogP contribution in [0, 0.1) is 6.92 Å². The molecule has 0 aliphatic heterocycles. The Labute approximate surface area is 252 Å². The van der Waals surface area contributed by atoms with Crippen molar-refractivity contribution in [2.45, 2.75) is 92.6 Å². The Hall–Kier alpha value is -2.89. The highest BCUT2D eigenvalue weighted by atomic mass is 35.5. The summed E-state index contributed by atoms with van der Waals surface area (Å²) in [4.78, 5) is 29.1. The lowest BCUT2D eigenvalue weighted by molar-refractivity contribution is 0.0377. The third kappa shape index (κ3) is 9.58. The molecule has 6 heteroatoms. The van der Waals surface area contributed by atoms with Crippen LogP contribution in [0.4, 0.5) is 0 Å². The number of hydrogen-bond acceptors (Lipinski definition) is 5. The van der Waals surface area contributed by atoms with Crippen molar-refractivity contribution in [2.75, 3.05) is 19.6 Å². The number of benzene rings is 2. The maximum Gasteiger partial charge on any atom is 0.338 e. The van der Waals surface area contributed by atoms with Crippen LogP contribution in [0.3, 0.4) is 0 Å². The highest BCUT2D eigenvalue weighted by molar-refractivity contribution is 6.17. The molecule has 224 valence electrons. The SMILES string of the molecule is CCCCc1oc2cc(C)c(C(=O)OC(C)C)cc2c1C(=O)c1ccc(/C=C\CN(CCCC)CCCC)cc1.Cl. The van der Waals surface area contributed by atoms with E-state index in [0.717, 1.165) is 43.6 Å². The summed E-state index contributed by atoms with van der Waals surface area (Å²) in [5.41, 5.74) is 4.09. The number of aryl methyl sites for hydroxylation is 2. The molecule has 0 unspecified atom stereocenters. The maximum absolute atomic E-state index is 13.9. The van der Waals surface area contributed by atoms with Crippen molar-refractivity contribution in [3.63, 3.8) is 0 Å². The number of esters is 1. The molecule has 2 aromatic carbocycles. The van der Waals surface area contributed by atoms with E-state index >= 15 is 0 Å². The van der Waals surface area contributed by atoms with E-state index in [-0.39, 0.29) is 30.3 Å². The number of carbonyl (C=O) groups is 2. The summed E-state index contributed by atoms with van der Waals surface area (Å²) in [5.74, 6) is 0.208. The van der Waals surface area contributed by atoms with Crippen LogP contribution in [0.25, 0.3) is 17.0 Å². The van der Waals surface area contributed by atoms with Gasteiger partial charge in [-0.15, -0.1) is 12.4 Å². The molecule has 0 saturated carbocycles. The van der Waals surface area contributed by atoms with E-state index in [1.165, 1.54) is 25.7 Å². The van der Waals surface area contributed by atoms with Crippen molar-refractivity contribution in [2.24, 2.45) is 0 Å². The molecule has 0 saturated heterocycles. The lowest BCUT2D eigenvalue weighted by atomic mass is 9.95. The van der Waals surface area contributed by atoms with Gasteiger partial charge in [0.15, 0.2) is 5.78 Å². The topological polar surface area (TPSA) is 59.8 Å². The first-order valence-electron chi connectivity index (χ1n) is 15.1. The average Bonchev–Trinajstić information content (AvgIpc) is 3.28. The Morgan fingerprint density at radius 1 is 0.951 bits per heavy atom. The number of unbranched alkanes of at least 4 members (excludes halogenated alkanes) is 3. The van der Waals surface area contributed by atoms with E-state index in [0.29, 0.717) is 39.8 Å². The van der Waals surface area contributed by atoms with E-state index in [2.05, 4.69) is 37.8 Å². The van der Waals surface area contributed by atoms with Gasteiger partial charge in [0.25, 0.3) is 0 Å². The van der Waals surface area contributed by atoms with Gasteiger partial charge in [-0.2, -0.15) is 0 Å². The van der Waals surface area contributed by atoms with Gasteiger partial charge in [0.2, 0.25) is 0 Å². The van der Waals surface area contributed by atoms with E-state index in [4.69, 9.17) is 9.15 Å². The first-order valence-corrected chi connectivity index (χ1v) is 15.1. The van der Waals surface area contributed by atoms with Crippen LogP contribution in [-0.4, -0.2) is 42.4 Å². The number of nitrogens with zero attached hydrogens (tertiary/aromatic N) is 1. The van der Waals surface area contributed by atoms with Gasteiger partial charge >= 0.3 is 5.97 Å². The van der Waals surface area contributed by atoms with Crippen molar-refractivity contribution < 1.29 is 18.7 Å². The van der Waals surface area contributed by atoms with Crippen LogP contribution < -0.4 is 0 Å². The average molecular weight is 582 g/mol. The van der Waals surface area contributed by atoms with Gasteiger partial charge in [-0.05, 0) is 76.4 Å². The van der Waals surface area contributed by atoms with Crippen LogP contribution in [-0.2, 0) is 11.2 Å². The van der Waals surface area contributed by atoms with E-state index in [1.807, 2.05) is 51.1 Å². The molecule has 1 aromatic heterocycles. The zero-order chi connectivity index (χ0) is 29.1. The van der Waals surface area contributed by atoms with E-state index in [9.17, 15) is 9.59 Å². The number of ether oxygens (including phenoxy) is 1. The van der Waals surface area contributed by atoms with Crippen LogP contribution >= 0.6 is 12.4 Å². The van der Waals surface area contributed by atoms with Crippen molar-refractivity contribution in [3.05, 3.63) is 76.1 Å². The third-order valence-corrected chi connectivity index (χ3v) is 7.16. The van der Waals surface area contributed by atoms with Crippen molar-refractivity contribution >= 4 is 41.2 Å². The first kappa shape index (κ1) is 34.3. The fourth-order valence-electron chi connectivity index (χ4n) is 4.84. The molecule has 0 bridgehead atoms. The maximum atomic E-state index is 13.9. The summed E-state index contributed by atoms with van der Waals surface area (Å²) in [6.45, 7) is 15.3. The second-order valence-corrected chi connectivity index (χ2v) is 11.0. The lowest BCUT2D eigenvalue weighted by Gasteiger charge is -2.19. The minimum Gasteiger partial charge on any atom is -0.460 e. The van der Waals surface area contributed by atoms with Crippen molar-refractivity contribution in [1.82, 2.24) is 4.90 Å². The van der Waals surface area contributed by atoms with Gasteiger partial charge in [-0.3, -0.25) is 9.69 Å². The highest BCUT2D eigenvalue weighted by Gasteiger charge is 2.24. The smallest absolute Gasteiger partial charge is 0.338 e. The van der Waals surface area contributed by atoms with Crippen molar-refractivity contribution in [3.8, 4) is 0 Å². The second-order valence-electron chi connectivity index (χ2n) is 11.0. The molecule has 0 aliphatic rings. The molecule has 0 atom stereocenters.